The molecule has 0 radical (unpaired) electrons. The molecule has 0 aliphatic carbocycles. The van der Waals surface area contributed by atoms with Crippen LogP contribution in [0.4, 0.5) is 0 Å². The molecule has 1 aromatic carbocycles. The van der Waals surface area contributed by atoms with E-state index in [4.69, 9.17) is 0 Å². The maximum absolute atomic E-state index is 12.8. The Kier molecular flexibility index (Phi) is 6.34. The first-order chi connectivity index (χ1) is 12.9. The number of nitrogens with zero attached hydrogens (tertiary/aromatic N) is 1. The van der Waals surface area contributed by atoms with Gasteiger partial charge in [-0.2, -0.15) is 4.31 Å². The standard InChI is InChI=1S/C20H26N2O3S2/c1-3-18-15(2)12-19(26-18)20(23)21-14-16-8-7-9-17(13-16)27(24,25)22-10-5-4-6-11-22/h7-9,12-13H,3-6,10-11,14H2,1-2H3,(H,21,23). The van der Waals surface area contributed by atoms with E-state index >= 15 is 0 Å². The Morgan fingerprint density at radius 1 is 1.19 bits per heavy atom. The van der Waals surface area contributed by atoms with Crippen LogP contribution in [-0.2, 0) is 23.0 Å². The highest BCUT2D eigenvalue weighted by Crippen LogP contribution is 2.23. The minimum atomic E-state index is -3.46. The molecule has 7 heteroatoms. The number of piperidine rings is 1. The van der Waals surface area contributed by atoms with E-state index in [1.807, 2.05) is 19.1 Å². The quantitative estimate of drug-likeness (QED) is 0.795. The van der Waals surface area contributed by atoms with Crippen LogP contribution in [0.2, 0.25) is 0 Å². The van der Waals surface area contributed by atoms with E-state index in [1.165, 1.54) is 16.2 Å². The smallest absolute Gasteiger partial charge is 0.261 e. The largest absolute Gasteiger partial charge is 0.347 e. The van der Waals surface area contributed by atoms with Crippen molar-refractivity contribution in [2.75, 3.05) is 13.1 Å². The van der Waals surface area contributed by atoms with E-state index in [9.17, 15) is 13.2 Å². The monoisotopic (exact) mass is 406 g/mol. The molecule has 1 aliphatic heterocycles. The lowest BCUT2D eigenvalue weighted by atomic mass is 10.2. The van der Waals surface area contributed by atoms with Gasteiger partial charge in [0.25, 0.3) is 5.91 Å². The van der Waals surface area contributed by atoms with Crippen molar-refractivity contribution in [3.8, 4) is 0 Å². The number of hydrogen-bond acceptors (Lipinski definition) is 4. The molecule has 0 saturated carbocycles. The molecule has 1 amide bonds. The summed E-state index contributed by atoms with van der Waals surface area (Å²) in [4.78, 5) is 14.6. The van der Waals surface area contributed by atoms with Crippen molar-refractivity contribution in [1.82, 2.24) is 9.62 Å². The van der Waals surface area contributed by atoms with E-state index in [-0.39, 0.29) is 5.91 Å². The lowest BCUT2D eigenvalue weighted by Crippen LogP contribution is -2.35. The lowest BCUT2D eigenvalue weighted by Gasteiger charge is -2.26. The molecule has 1 N–H and O–H groups in total. The fourth-order valence-electron chi connectivity index (χ4n) is 3.32. The van der Waals surface area contributed by atoms with Gasteiger partial charge >= 0.3 is 0 Å². The van der Waals surface area contributed by atoms with E-state index in [0.717, 1.165) is 36.8 Å². The van der Waals surface area contributed by atoms with Gasteiger partial charge < -0.3 is 5.32 Å². The third-order valence-electron chi connectivity index (χ3n) is 4.87. The van der Waals surface area contributed by atoms with Crippen molar-refractivity contribution in [1.29, 1.82) is 0 Å². The lowest BCUT2D eigenvalue weighted by molar-refractivity contribution is 0.0955. The Morgan fingerprint density at radius 3 is 2.59 bits per heavy atom. The van der Waals surface area contributed by atoms with Gasteiger partial charge in [0.2, 0.25) is 10.0 Å². The average Bonchev–Trinajstić information content (AvgIpc) is 3.08. The molecule has 146 valence electrons. The van der Waals surface area contributed by atoms with Gasteiger partial charge in [0, 0.05) is 24.5 Å². The van der Waals surface area contributed by atoms with Gasteiger partial charge in [0.15, 0.2) is 0 Å². The molecule has 2 heterocycles. The highest BCUT2D eigenvalue weighted by molar-refractivity contribution is 7.89. The minimum Gasteiger partial charge on any atom is -0.347 e. The van der Waals surface area contributed by atoms with Crippen LogP contribution in [0.25, 0.3) is 0 Å². The Hall–Kier alpha value is -1.70. The zero-order chi connectivity index (χ0) is 19.4. The van der Waals surface area contributed by atoms with Crippen LogP contribution in [0, 0.1) is 6.92 Å². The van der Waals surface area contributed by atoms with Gasteiger partial charge in [0.05, 0.1) is 9.77 Å². The molecule has 1 aromatic heterocycles. The van der Waals surface area contributed by atoms with Crippen molar-refractivity contribution in [3.63, 3.8) is 0 Å². The van der Waals surface area contributed by atoms with E-state index in [2.05, 4.69) is 12.2 Å². The predicted molar refractivity (Wildman–Crippen MR) is 109 cm³/mol. The molecule has 27 heavy (non-hydrogen) atoms. The zero-order valence-corrected chi connectivity index (χ0v) is 17.5. The van der Waals surface area contributed by atoms with Crippen LogP contribution in [0.3, 0.4) is 0 Å². The summed E-state index contributed by atoms with van der Waals surface area (Å²) >= 11 is 1.51. The molecule has 1 fully saturated rings. The molecule has 0 unspecified atom stereocenters. The number of carbonyl (C=O) groups is 1. The fraction of sp³-hybridized carbons (Fsp3) is 0.450. The summed E-state index contributed by atoms with van der Waals surface area (Å²) in [6.07, 6.45) is 3.82. The molecule has 0 atom stereocenters. The summed E-state index contributed by atoms with van der Waals surface area (Å²) in [5.74, 6) is -0.118. The molecule has 0 spiro atoms. The third-order valence-corrected chi connectivity index (χ3v) is 8.14. The number of thiophene rings is 1. The molecule has 0 bridgehead atoms. The van der Waals surface area contributed by atoms with Crippen molar-refractivity contribution in [2.24, 2.45) is 0 Å². The van der Waals surface area contributed by atoms with Crippen molar-refractivity contribution >= 4 is 27.3 Å². The normalized spacial score (nSPS) is 15.6. The SMILES string of the molecule is CCc1sc(C(=O)NCc2cccc(S(=O)(=O)N3CCCCC3)c2)cc1C. The summed E-state index contributed by atoms with van der Waals surface area (Å²) in [5, 5.41) is 2.90. The van der Waals surface area contributed by atoms with Gasteiger partial charge in [-0.05, 0) is 55.5 Å². The molecule has 3 rings (SSSR count). The molecule has 5 nitrogen and oxygen atoms in total. The van der Waals surface area contributed by atoms with E-state index < -0.39 is 10.0 Å². The third kappa shape index (κ3) is 4.59. The van der Waals surface area contributed by atoms with Gasteiger partial charge in [-0.25, -0.2) is 8.42 Å². The van der Waals surface area contributed by atoms with Crippen LogP contribution in [-0.4, -0.2) is 31.7 Å². The van der Waals surface area contributed by atoms with Crippen LogP contribution < -0.4 is 5.32 Å². The highest BCUT2D eigenvalue weighted by atomic mass is 32.2. The number of amides is 1. The summed E-state index contributed by atoms with van der Waals surface area (Å²) in [7, 11) is -3.46. The number of benzene rings is 1. The van der Waals surface area contributed by atoms with Gasteiger partial charge in [0.1, 0.15) is 0 Å². The Morgan fingerprint density at radius 2 is 1.93 bits per heavy atom. The van der Waals surface area contributed by atoms with Crippen molar-refractivity contribution < 1.29 is 13.2 Å². The summed E-state index contributed by atoms with van der Waals surface area (Å²) in [6, 6.07) is 8.79. The van der Waals surface area contributed by atoms with Crippen LogP contribution >= 0.6 is 11.3 Å². The second kappa shape index (κ2) is 8.54. The second-order valence-corrected chi connectivity index (χ2v) is 9.94. The first kappa shape index (κ1) is 20.0. The van der Waals surface area contributed by atoms with Gasteiger partial charge in [-0.3, -0.25) is 4.79 Å². The Labute approximate surface area is 165 Å². The van der Waals surface area contributed by atoms with Crippen molar-refractivity contribution in [2.45, 2.75) is 51.0 Å². The van der Waals surface area contributed by atoms with Crippen LogP contribution in [0.15, 0.2) is 35.2 Å². The summed E-state index contributed by atoms with van der Waals surface area (Å²) < 4.78 is 27.2. The molecule has 1 saturated heterocycles. The van der Waals surface area contributed by atoms with Crippen LogP contribution in [0.5, 0.6) is 0 Å². The average molecular weight is 407 g/mol. The van der Waals surface area contributed by atoms with E-state index in [0.29, 0.717) is 29.4 Å². The number of carbonyl (C=O) groups excluding carboxylic acids is 1. The molecule has 1 aliphatic rings. The minimum absolute atomic E-state index is 0.118. The predicted octanol–water partition coefficient (Wildman–Crippen LogP) is 3.72. The molecule has 2 aromatic rings. The number of nitrogens with one attached hydrogen (secondary N) is 1. The fourth-order valence-corrected chi connectivity index (χ4v) is 5.94. The van der Waals surface area contributed by atoms with Gasteiger partial charge in [-0.15, -0.1) is 11.3 Å². The van der Waals surface area contributed by atoms with Crippen molar-refractivity contribution in [3.05, 3.63) is 51.2 Å². The highest BCUT2D eigenvalue weighted by Gasteiger charge is 2.26. The number of aryl methyl sites for hydroxylation is 2. The molecular formula is C20H26N2O3S2. The second-order valence-electron chi connectivity index (χ2n) is 6.87. The number of sulfonamides is 1. The zero-order valence-electron chi connectivity index (χ0n) is 15.8. The Bertz CT molecular complexity index is 913. The summed E-state index contributed by atoms with van der Waals surface area (Å²) in [5.41, 5.74) is 1.92. The van der Waals surface area contributed by atoms with Crippen LogP contribution in [0.1, 0.15) is 51.9 Å². The Balaban J connectivity index is 1.69. The maximum Gasteiger partial charge on any atom is 0.261 e. The topological polar surface area (TPSA) is 66.5 Å². The summed E-state index contributed by atoms with van der Waals surface area (Å²) in [6.45, 7) is 5.57. The first-order valence-corrected chi connectivity index (χ1v) is 11.6. The number of rotatable bonds is 6. The molecular weight excluding hydrogens is 380 g/mol. The first-order valence-electron chi connectivity index (χ1n) is 9.38. The maximum atomic E-state index is 12.8. The number of hydrogen-bond donors (Lipinski definition) is 1. The van der Waals surface area contributed by atoms with Gasteiger partial charge in [-0.1, -0.05) is 25.5 Å². The van der Waals surface area contributed by atoms with E-state index in [1.54, 1.807) is 22.5 Å².